The van der Waals surface area contributed by atoms with Crippen LogP contribution in [0.25, 0.3) is 11.0 Å². The van der Waals surface area contributed by atoms with E-state index in [1.54, 1.807) is 24.3 Å². The first kappa shape index (κ1) is 23.1. The molecule has 33 heavy (non-hydrogen) atoms. The van der Waals surface area contributed by atoms with Crippen molar-refractivity contribution >= 4 is 32.6 Å². The van der Waals surface area contributed by atoms with E-state index in [-0.39, 0.29) is 27.4 Å². The summed E-state index contributed by atoms with van der Waals surface area (Å²) >= 11 is 0. The molecule has 176 valence electrons. The molecule has 7 nitrogen and oxygen atoms in total. The van der Waals surface area contributed by atoms with E-state index in [0.717, 1.165) is 25.9 Å². The average Bonchev–Trinajstić information content (AvgIpc) is 3.16. The molecular formula is C24H27FN2O5S. The van der Waals surface area contributed by atoms with Gasteiger partial charge in [-0.3, -0.25) is 4.79 Å². The predicted octanol–water partition coefficient (Wildman–Crippen LogP) is 4.64. The van der Waals surface area contributed by atoms with Crippen LogP contribution in [0, 0.1) is 5.82 Å². The van der Waals surface area contributed by atoms with Crippen LogP contribution in [0.5, 0.6) is 5.75 Å². The minimum absolute atomic E-state index is 0.0592. The summed E-state index contributed by atoms with van der Waals surface area (Å²) < 4.78 is 54.3. The summed E-state index contributed by atoms with van der Waals surface area (Å²) in [4.78, 5) is 14.8. The van der Waals surface area contributed by atoms with Gasteiger partial charge < -0.3 is 14.1 Å². The summed E-state index contributed by atoms with van der Waals surface area (Å²) in [5.41, 5.74) is 1.42. The first-order valence-corrected chi connectivity index (χ1v) is 12.6. The Morgan fingerprint density at radius 2 is 1.97 bits per heavy atom. The molecule has 4 rings (SSSR count). The first-order valence-electron chi connectivity index (χ1n) is 11.1. The van der Waals surface area contributed by atoms with Gasteiger partial charge in [0.15, 0.2) is 5.76 Å². The Morgan fingerprint density at radius 1 is 1.18 bits per heavy atom. The number of hydrogen-bond donors (Lipinski definition) is 1. The number of carbonyl (C=O) groups is 1. The molecule has 0 atom stereocenters. The summed E-state index contributed by atoms with van der Waals surface area (Å²) in [6.07, 6.45) is 2.96. The lowest BCUT2D eigenvalue weighted by Gasteiger charge is -2.33. The van der Waals surface area contributed by atoms with Crippen molar-refractivity contribution in [2.45, 2.75) is 44.4 Å². The smallest absolute Gasteiger partial charge is 0.300 e. The lowest BCUT2D eigenvalue weighted by atomic mass is 10.1. The minimum Gasteiger partial charge on any atom is -0.492 e. The van der Waals surface area contributed by atoms with Crippen molar-refractivity contribution in [2.24, 2.45) is 0 Å². The zero-order chi connectivity index (χ0) is 23.6. The maximum Gasteiger partial charge on any atom is 0.300 e. The van der Waals surface area contributed by atoms with E-state index in [0.29, 0.717) is 30.7 Å². The number of hydrogen-bond acceptors (Lipinski definition) is 6. The molecule has 0 bridgehead atoms. The van der Waals surface area contributed by atoms with Gasteiger partial charge in [0.1, 0.15) is 22.0 Å². The lowest BCUT2D eigenvalue weighted by Crippen LogP contribution is -2.36. The normalized spacial score (nSPS) is 13.7. The minimum atomic E-state index is -4.27. The summed E-state index contributed by atoms with van der Waals surface area (Å²) in [6.45, 7) is 5.85. The number of carbonyl (C=O) groups excluding carboxylic acids is 1. The van der Waals surface area contributed by atoms with E-state index in [1.165, 1.54) is 12.1 Å². The second-order valence-corrected chi connectivity index (χ2v) is 9.69. The quantitative estimate of drug-likeness (QED) is 0.486. The molecule has 0 saturated carbocycles. The van der Waals surface area contributed by atoms with Crippen LogP contribution in [-0.2, 0) is 16.4 Å². The highest BCUT2D eigenvalue weighted by Gasteiger charge is 2.28. The van der Waals surface area contributed by atoms with E-state index in [4.69, 9.17) is 9.15 Å². The van der Waals surface area contributed by atoms with Crippen LogP contribution >= 0.6 is 0 Å². The molecule has 1 aliphatic heterocycles. The van der Waals surface area contributed by atoms with Gasteiger partial charge in [0.2, 0.25) is 0 Å². The van der Waals surface area contributed by atoms with Crippen LogP contribution in [-0.4, -0.2) is 34.0 Å². The number of rotatable bonds is 9. The van der Waals surface area contributed by atoms with Crippen molar-refractivity contribution in [1.29, 1.82) is 0 Å². The third kappa shape index (κ3) is 4.68. The highest BCUT2D eigenvalue weighted by atomic mass is 32.2. The Labute approximate surface area is 192 Å². The van der Waals surface area contributed by atoms with Crippen molar-refractivity contribution < 1.29 is 26.8 Å². The van der Waals surface area contributed by atoms with Gasteiger partial charge in [0.05, 0.1) is 12.0 Å². The van der Waals surface area contributed by atoms with E-state index >= 15 is 0 Å². The Morgan fingerprint density at radius 3 is 2.64 bits per heavy atom. The van der Waals surface area contributed by atoms with E-state index in [2.05, 4.69) is 4.72 Å². The van der Waals surface area contributed by atoms with Crippen LogP contribution in [0.4, 0.5) is 10.1 Å². The van der Waals surface area contributed by atoms with Gasteiger partial charge in [0, 0.05) is 30.9 Å². The van der Waals surface area contributed by atoms with Gasteiger partial charge in [0.25, 0.3) is 10.0 Å². The molecular weight excluding hydrogens is 447 g/mol. The Balaban J connectivity index is 1.65. The Bertz CT molecular complexity index is 1280. The molecule has 1 N–H and O–H groups in total. The number of aryl methyl sites for hydroxylation is 1. The van der Waals surface area contributed by atoms with E-state index in [1.807, 2.05) is 18.7 Å². The standard InChI is InChI=1S/C24H27FN2O5S/c1-3-7-16-8-5-9-20(31-12-4-2)23(16)33(29,30)26-24(28)22-15-18-19(25)13-17(14-21(18)32-22)27-10-6-11-27/h5,8-9,13-15H,3-4,6-7,10-12H2,1-2H3,(H,26,28). The van der Waals surface area contributed by atoms with Gasteiger partial charge in [-0.1, -0.05) is 32.4 Å². The molecule has 9 heteroatoms. The fraction of sp³-hybridized carbons (Fsp3) is 0.375. The molecule has 0 radical (unpaired) electrons. The second-order valence-electron chi connectivity index (χ2n) is 8.07. The molecule has 2 aromatic carbocycles. The number of ether oxygens (including phenoxy) is 1. The fourth-order valence-electron chi connectivity index (χ4n) is 3.83. The van der Waals surface area contributed by atoms with Gasteiger partial charge >= 0.3 is 5.91 Å². The van der Waals surface area contributed by atoms with Crippen molar-refractivity contribution in [2.75, 3.05) is 24.6 Å². The number of anilines is 1. The lowest BCUT2D eigenvalue weighted by molar-refractivity contribution is 0.0956. The molecule has 1 saturated heterocycles. The number of nitrogens with zero attached hydrogens (tertiary/aromatic N) is 1. The zero-order valence-corrected chi connectivity index (χ0v) is 19.5. The maximum atomic E-state index is 14.6. The zero-order valence-electron chi connectivity index (χ0n) is 18.7. The SMILES string of the molecule is CCCOc1cccc(CCC)c1S(=O)(=O)NC(=O)c1cc2c(F)cc(N3CCC3)cc2o1. The third-order valence-electron chi connectivity index (χ3n) is 5.55. The van der Waals surface area contributed by atoms with Crippen LogP contribution in [0.3, 0.4) is 0 Å². The van der Waals surface area contributed by atoms with Crippen molar-refractivity contribution in [1.82, 2.24) is 4.72 Å². The largest absolute Gasteiger partial charge is 0.492 e. The molecule has 0 spiro atoms. The number of furan rings is 1. The monoisotopic (exact) mass is 474 g/mol. The number of halogens is 1. The van der Waals surface area contributed by atoms with Crippen LogP contribution < -0.4 is 14.4 Å². The summed E-state index contributed by atoms with van der Waals surface area (Å²) in [6, 6.07) is 9.29. The van der Waals surface area contributed by atoms with Crippen LogP contribution in [0.15, 0.2) is 45.7 Å². The highest BCUT2D eigenvalue weighted by molar-refractivity contribution is 7.90. The van der Waals surface area contributed by atoms with Crippen molar-refractivity contribution in [3.63, 3.8) is 0 Å². The van der Waals surface area contributed by atoms with E-state index < -0.39 is 21.7 Å². The van der Waals surface area contributed by atoms with Gasteiger partial charge in [-0.05, 0) is 37.0 Å². The molecule has 3 aromatic rings. The van der Waals surface area contributed by atoms with E-state index in [9.17, 15) is 17.6 Å². The summed E-state index contributed by atoms with van der Waals surface area (Å²) in [7, 11) is -4.27. The number of benzene rings is 2. The number of nitrogens with one attached hydrogen (secondary N) is 1. The topological polar surface area (TPSA) is 88.8 Å². The Hall–Kier alpha value is -3.07. The highest BCUT2D eigenvalue weighted by Crippen LogP contribution is 2.32. The van der Waals surface area contributed by atoms with Crippen LogP contribution in [0.2, 0.25) is 0 Å². The summed E-state index contributed by atoms with van der Waals surface area (Å²) in [5, 5.41) is 0.125. The van der Waals surface area contributed by atoms with Gasteiger partial charge in [-0.15, -0.1) is 0 Å². The molecule has 0 aliphatic carbocycles. The fourth-order valence-corrected chi connectivity index (χ4v) is 5.19. The Kier molecular flexibility index (Phi) is 6.60. The number of sulfonamides is 1. The molecule has 1 aliphatic rings. The maximum absolute atomic E-state index is 14.6. The first-order chi connectivity index (χ1) is 15.8. The number of fused-ring (bicyclic) bond motifs is 1. The molecule has 1 amide bonds. The molecule has 0 unspecified atom stereocenters. The van der Waals surface area contributed by atoms with Gasteiger partial charge in [-0.2, -0.15) is 0 Å². The molecule has 1 aromatic heterocycles. The average molecular weight is 475 g/mol. The van der Waals surface area contributed by atoms with Crippen molar-refractivity contribution in [3.8, 4) is 5.75 Å². The van der Waals surface area contributed by atoms with Crippen molar-refractivity contribution in [3.05, 3.63) is 53.5 Å². The number of amides is 1. The molecule has 1 fully saturated rings. The predicted molar refractivity (Wildman–Crippen MR) is 124 cm³/mol. The summed E-state index contributed by atoms with van der Waals surface area (Å²) in [5.74, 6) is -1.58. The molecule has 2 heterocycles. The second kappa shape index (κ2) is 9.43. The van der Waals surface area contributed by atoms with Crippen LogP contribution in [0.1, 0.15) is 49.2 Å². The third-order valence-corrected chi connectivity index (χ3v) is 7.01. The van der Waals surface area contributed by atoms with Gasteiger partial charge in [-0.25, -0.2) is 17.5 Å².